The molecule has 2 nitrogen and oxygen atoms in total. The number of hydrogen-bond acceptors (Lipinski definition) is 2. The Kier molecular flexibility index (Phi) is 6.36. The first-order chi connectivity index (χ1) is 7.74. The number of aldehydes is 1. The molecule has 1 unspecified atom stereocenters. The molecule has 1 fully saturated rings. The minimum atomic E-state index is 0.659. The van der Waals surface area contributed by atoms with E-state index in [1.807, 2.05) is 0 Å². The van der Waals surface area contributed by atoms with Crippen LogP contribution in [0.5, 0.6) is 0 Å². The number of hydrogen-bond donors (Lipinski definition) is 1. The maximum Gasteiger partial charge on any atom is 0.119 e. The van der Waals surface area contributed by atoms with E-state index in [9.17, 15) is 4.79 Å². The number of rotatable bonds is 10. The molecule has 0 heterocycles. The van der Waals surface area contributed by atoms with Gasteiger partial charge < -0.3 is 10.2 Å². The molecular formula is C14H25NO. The molecule has 1 aliphatic rings. The fourth-order valence-corrected chi connectivity index (χ4v) is 2.23. The monoisotopic (exact) mass is 223 g/mol. The average Bonchev–Trinajstić information content (AvgIpc) is 3.08. The Morgan fingerprint density at radius 3 is 2.62 bits per heavy atom. The summed E-state index contributed by atoms with van der Waals surface area (Å²) in [6, 6.07) is 0. The molecule has 1 rings (SSSR count). The zero-order valence-electron chi connectivity index (χ0n) is 10.5. The standard InChI is InChI=1S/C14H25NO/c1-12(13-9-10-13)6-5-8-14(15)7-3-2-4-11-16/h11-13,15H,2-10H2,1H3. The van der Waals surface area contributed by atoms with Gasteiger partial charge in [0.2, 0.25) is 0 Å². The van der Waals surface area contributed by atoms with E-state index in [0.29, 0.717) is 6.42 Å². The number of unbranched alkanes of at least 4 members (excludes halogenated alkanes) is 2. The first-order valence-corrected chi connectivity index (χ1v) is 6.74. The highest BCUT2D eigenvalue weighted by atomic mass is 16.1. The third kappa shape index (κ3) is 6.04. The Balaban J connectivity index is 1.90. The van der Waals surface area contributed by atoms with Gasteiger partial charge in [0, 0.05) is 12.1 Å². The Hall–Kier alpha value is -0.660. The van der Waals surface area contributed by atoms with Crippen molar-refractivity contribution in [2.24, 2.45) is 11.8 Å². The van der Waals surface area contributed by atoms with Crippen LogP contribution in [0.15, 0.2) is 0 Å². The minimum absolute atomic E-state index is 0.659. The summed E-state index contributed by atoms with van der Waals surface area (Å²) in [6.45, 7) is 2.35. The summed E-state index contributed by atoms with van der Waals surface area (Å²) in [5.41, 5.74) is 0.883. The van der Waals surface area contributed by atoms with Crippen molar-refractivity contribution in [3.05, 3.63) is 0 Å². The predicted molar refractivity (Wildman–Crippen MR) is 68.0 cm³/mol. The van der Waals surface area contributed by atoms with E-state index < -0.39 is 0 Å². The second kappa shape index (κ2) is 7.59. The van der Waals surface area contributed by atoms with Crippen molar-refractivity contribution in [3.8, 4) is 0 Å². The lowest BCUT2D eigenvalue weighted by atomic mass is 9.97. The van der Waals surface area contributed by atoms with Gasteiger partial charge in [-0.3, -0.25) is 0 Å². The van der Waals surface area contributed by atoms with Gasteiger partial charge in [0.05, 0.1) is 0 Å². The summed E-state index contributed by atoms with van der Waals surface area (Å²) in [5.74, 6) is 1.88. The third-order valence-corrected chi connectivity index (χ3v) is 3.62. The van der Waals surface area contributed by atoms with Gasteiger partial charge in [0.25, 0.3) is 0 Å². The summed E-state index contributed by atoms with van der Waals surface area (Å²) in [6.07, 6.45) is 10.8. The highest BCUT2D eigenvalue weighted by Gasteiger charge is 2.27. The molecule has 1 atom stereocenters. The Bertz CT molecular complexity index is 221. The van der Waals surface area contributed by atoms with Crippen molar-refractivity contribution in [2.75, 3.05) is 0 Å². The molecule has 0 spiro atoms. The number of carbonyl (C=O) groups is 1. The Morgan fingerprint density at radius 2 is 2.00 bits per heavy atom. The van der Waals surface area contributed by atoms with Crippen molar-refractivity contribution in [1.29, 1.82) is 5.41 Å². The lowest BCUT2D eigenvalue weighted by Crippen LogP contribution is -2.01. The van der Waals surface area contributed by atoms with Crippen LogP contribution in [-0.2, 0) is 4.79 Å². The molecule has 0 aromatic carbocycles. The molecule has 0 saturated heterocycles. The quantitative estimate of drug-likeness (QED) is 0.339. The molecule has 1 N–H and O–H groups in total. The van der Waals surface area contributed by atoms with E-state index in [4.69, 9.17) is 5.41 Å². The summed E-state index contributed by atoms with van der Waals surface area (Å²) < 4.78 is 0. The topological polar surface area (TPSA) is 40.9 Å². The SMILES string of the molecule is CC(CCCC(=N)CCCCC=O)C1CC1. The van der Waals surface area contributed by atoms with E-state index in [2.05, 4.69) is 6.92 Å². The number of nitrogens with one attached hydrogen (secondary N) is 1. The van der Waals surface area contributed by atoms with Crippen LogP contribution in [0.3, 0.4) is 0 Å². The van der Waals surface area contributed by atoms with E-state index in [1.54, 1.807) is 0 Å². The molecule has 0 aromatic rings. The van der Waals surface area contributed by atoms with E-state index in [1.165, 1.54) is 25.7 Å². The van der Waals surface area contributed by atoms with Crippen molar-refractivity contribution in [3.63, 3.8) is 0 Å². The lowest BCUT2D eigenvalue weighted by molar-refractivity contribution is -0.107. The van der Waals surface area contributed by atoms with Gasteiger partial charge in [0.15, 0.2) is 0 Å². The van der Waals surface area contributed by atoms with E-state index in [-0.39, 0.29) is 0 Å². The maximum absolute atomic E-state index is 10.1. The molecule has 0 aliphatic heterocycles. The van der Waals surface area contributed by atoms with Gasteiger partial charge in [-0.2, -0.15) is 0 Å². The molecule has 1 saturated carbocycles. The van der Waals surface area contributed by atoms with Crippen LogP contribution < -0.4 is 0 Å². The average molecular weight is 223 g/mol. The summed E-state index contributed by atoms with van der Waals surface area (Å²) >= 11 is 0. The van der Waals surface area contributed by atoms with Crippen molar-refractivity contribution in [2.45, 2.75) is 64.7 Å². The van der Waals surface area contributed by atoms with Gasteiger partial charge in [0.1, 0.15) is 6.29 Å². The van der Waals surface area contributed by atoms with Crippen LogP contribution in [-0.4, -0.2) is 12.0 Å². The Morgan fingerprint density at radius 1 is 1.31 bits per heavy atom. The molecule has 1 aliphatic carbocycles. The molecule has 2 heteroatoms. The third-order valence-electron chi connectivity index (χ3n) is 3.62. The van der Waals surface area contributed by atoms with Crippen molar-refractivity contribution in [1.82, 2.24) is 0 Å². The summed E-state index contributed by atoms with van der Waals surface area (Å²) in [4.78, 5) is 10.1. The van der Waals surface area contributed by atoms with Crippen LogP contribution >= 0.6 is 0 Å². The predicted octanol–water partition coefficient (Wildman–Crippen LogP) is 3.98. The number of carbonyl (C=O) groups excluding carboxylic acids is 1. The first kappa shape index (κ1) is 13.4. The van der Waals surface area contributed by atoms with Gasteiger partial charge in [-0.05, 0) is 56.8 Å². The van der Waals surface area contributed by atoms with Crippen LogP contribution in [0.2, 0.25) is 0 Å². The molecule has 92 valence electrons. The largest absolute Gasteiger partial charge is 0.310 e. The summed E-state index contributed by atoms with van der Waals surface area (Å²) in [7, 11) is 0. The second-order valence-electron chi connectivity index (χ2n) is 5.22. The molecule has 0 radical (unpaired) electrons. The first-order valence-electron chi connectivity index (χ1n) is 6.74. The molecule has 0 amide bonds. The van der Waals surface area contributed by atoms with E-state index in [0.717, 1.165) is 49.5 Å². The van der Waals surface area contributed by atoms with Crippen molar-refractivity contribution < 1.29 is 4.79 Å². The zero-order chi connectivity index (χ0) is 11.8. The highest BCUT2D eigenvalue weighted by Crippen LogP contribution is 2.38. The van der Waals surface area contributed by atoms with Gasteiger partial charge >= 0.3 is 0 Å². The Labute approximate surface area is 99.3 Å². The van der Waals surface area contributed by atoms with Crippen LogP contribution in [0.1, 0.15) is 64.7 Å². The molecule has 0 aromatic heterocycles. The lowest BCUT2D eigenvalue weighted by Gasteiger charge is -2.09. The van der Waals surface area contributed by atoms with E-state index >= 15 is 0 Å². The maximum atomic E-state index is 10.1. The minimum Gasteiger partial charge on any atom is -0.310 e. The van der Waals surface area contributed by atoms with Gasteiger partial charge in [-0.15, -0.1) is 0 Å². The second-order valence-corrected chi connectivity index (χ2v) is 5.22. The molecular weight excluding hydrogens is 198 g/mol. The van der Waals surface area contributed by atoms with Crippen LogP contribution in [0.4, 0.5) is 0 Å². The smallest absolute Gasteiger partial charge is 0.119 e. The fourth-order valence-electron chi connectivity index (χ4n) is 2.23. The van der Waals surface area contributed by atoms with Gasteiger partial charge in [-0.1, -0.05) is 13.3 Å². The zero-order valence-corrected chi connectivity index (χ0v) is 10.5. The molecule has 0 bridgehead atoms. The van der Waals surface area contributed by atoms with Crippen molar-refractivity contribution >= 4 is 12.0 Å². The fraction of sp³-hybridized carbons (Fsp3) is 0.857. The normalized spacial score (nSPS) is 17.1. The van der Waals surface area contributed by atoms with Crippen LogP contribution in [0, 0.1) is 17.2 Å². The van der Waals surface area contributed by atoms with Crippen LogP contribution in [0.25, 0.3) is 0 Å². The summed E-state index contributed by atoms with van der Waals surface area (Å²) in [5, 5.41) is 7.80. The molecule has 16 heavy (non-hydrogen) atoms. The highest BCUT2D eigenvalue weighted by molar-refractivity contribution is 5.81. The van der Waals surface area contributed by atoms with Gasteiger partial charge in [-0.25, -0.2) is 0 Å².